The highest BCUT2D eigenvalue weighted by Crippen LogP contribution is 2.33. The van der Waals surface area contributed by atoms with Crippen molar-refractivity contribution >= 4 is 46.4 Å². The van der Waals surface area contributed by atoms with Crippen LogP contribution in [0.1, 0.15) is 5.69 Å². The Bertz CT molecular complexity index is 601. The average molecular weight is 319 g/mol. The Kier molecular flexibility index (Phi) is 4.34. The fraction of sp³-hybridized carbons (Fsp3) is 0.167. The van der Waals surface area contributed by atoms with E-state index >= 15 is 0 Å². The molecule has 0 saturated heterocycles. The number of rotatable bonds is 3. The van der Waals surface area contributed by atoms with Gasteiger partial charge in [0.15, 0.2) is 0 Å². The largest absolute Gasteiger partial charge is 0.337 e. The van der Waals surface area contributed by atoms with E-state index in [-0.39, 0.29) is 12.3 Å². The molecule has 2 aromatic rings. The second kappa shape index (κ2) is 5.82. The summed E-state index contributed by atoms with van der Waals surface area (Å²) >= 11 is 17.8. The highest BCUT2D eigenvalue weighted by Gasteiger charge is 2.12. The molecule has 1 heterocycles. The first-order valence-electron chi connectivity index (χ1n) is 5.37. The summed E-state index contributed by atoms with van der Waals surface area (Å²) in [5.74, 6) is -0.227. The van der Waals surface area contributed by atoms with Gasteiger partial charge in [0, 0.05) is 24.0 Å². The Morgan fingerprint density at radius 2 is 1.95 bits per heavy atom. The molecule has 2 rings (SSSR count). The zero-order chi connectivity index (χ0) is 14.0. The number of nitrogens with one attached hydrogen (secondary N) is 1. The Hall–Kier alpha value is -1.23. The van der Waals surface area contributed by atoms with Crippen LogP contribution in [0.3, 0.4) is 0 Å². The average Bonchev–Trinajstić information content (AvgIpc) is 2.69. The van der Waals surface area contributed by atoms with Gasteiger partial charge in [0.1, 0.15) is 0 Å². The predicted octanol–water partition coefficient (Wildman–Crippen LogP) is 3.56. The first-order valence-corrected chi connectivity index (χ1v) is 6.50. The van der Waals surface area contributed by atoms with Crippen LogP contribution in [0.15, 0.2) is 24.7 Å². The summed E-state index contributed by atoms with van der Waals surface area (Å²) in [4.78, 5) is 15.9. The second-order valence-corrected chi connectivity index (χ2v) is 5.22. The molecular formula is C12H10Cl3N3O. The van der Waals surface area contributed by atoms with Crippen molar-refractivity contribution in [2.24, 2.45) is 7.05 Å². The van der Waals surface area contributed by atoms with E-state index in [2.05, 4.69) is 10.3 Å². The van der Waals surface area contributed by atoms with Crippen molar-refractivity contribution in [1.29, 1.82) is 0 Å². The monoisotopic (exact) mass is 317 g/mol. The maximum Gasteiger partial charge on any atom is 0.230 e. The predicted molar refractivity (Wildman–Crippen MR) is 77.0 cm³/mol. The minimum absolute atomic E-state index is 0.186. The lowest BCUT2D eigenvalue weighted by Gasteiger charge is -2.10. The zero-order valence-electron chi connectivity index (χ0n) is 9.95. The Balaban J connectivity index is 2.14. The molecule has 1 aromatic heterocycles. The Morgan fingerprint density at radius 1 is 1.32 bits per heavy atom. The Morgan fingerprint density at radius 3 is 2.47 bits per heavy atom. The van der Waals surface area contributed by atoms with Crippen LogP contribution in [0.2, 0.25) is 15.1 Å². The molecule has 0 saturated carbocycles. The maximum atomic E-state index is 11.9. The van der Waals surface area contributed by atoms with E-state index in [1.807, 2.05) is 7.05 Å². The number of aryl methyl sites for hydroxylation is 1. The number of carbonyl (C=O) groups excluding carboxylic acids is 1. The topological polar surface area (TPSA) is 46.9 Å². The summed E-state index contributed by atoms with van der Waals surface area (Å²) in [6.07, 6.45) is 3.45. The smallest absolute Gasteiger partial charge is 0.230 e. The van der Waals surface area contributed by atoms with Crippen LogP contribution in [0, 0.1) is 0 Å². The number of amides is 1. The summed E-state index contributed by atoms with van der Waals surface area (Å²) in [6, 6.07) is 3.04. The molecule has 0 bridgehead atoms. The van der Waals surface area contributed by atoms with Gasteiger partial charge in [-0.15, -0.1) is 0 Å². The molecule has 0 spiro atoms. The quantitative estimate of drug-likeness (QED) is 0.940. The second-order valence-electron chi connectivity index (χ2n) is 3.97. The molecule has 0 radical (unpaired) electrons. The van der Waals surface area contributed by atoms with Gasteiger partial charge < -0.3 is 9.88 Å². The van der Waals surface area contributed by atoms with Crippen LogP contribution < -0.4 is 5.32 Å². The molecule has 0 aliphatic heterocycles. The van der Waals surface area contributed by atoms with Gasteiger partial charge in [0.2, 0.25) is 5.91 Å². The fourth-order valence-corrected chi connectivity index (χ4v) is 2.48. The van der Waals surface area contributed by atoms with Gasteiger partial charge in [0.05, 0.1) is 28.5 Å². The number of imidazole rings is 1. The number of benzene rings is 1. The van der Waals surface area contributed by atoms with Gasteiger partial charge in [0.25, 0.3) is 0 Å². The minimum Gasteiger partial charge on any atom is -0.337 e. The van der Waals surface area contributed by atoms with Gasteiger partial charge in [-0.1, -0.05) is 34.8 Å². The van der Waals surface area contributed by atoms with Crippen LogP contribution in [-0.4, -0.2) is 15.5 Å². The van der Waals surface area contributed by atoms with Crippen LogP contribution in [0.5, 0.6) is 0 Å². The molecular weight excluding hydrogens is 309 g/mol. The SMILES string of the molecule is Cn1cncc1CC(=O)Nc1c(Cl)cc(Cl)cc1Cl. The van der Waals surface area contributed by atoms with Crippen molar-refractivity contribution in [2.75, 3.05) is 5.32 Å². The number of halogens is 3. The number of nitrogens with zero attached hydrogens (tertiary/aromatic N) is 2. The normalized spacial score (nSPS) is 10.5. The molecule has 4 nitrogen and oxygen atoms in total. The Labute approximate surface area is 125 Å². The highest BCUT2D eigenvalue weighted by atomic mass is 35.5. The lowest BCUT2D eigenvalue weighted by atomic mass is 10.2. The van der Waals surface area contributed by atoms with Crippen LogP contribution >= 0.6 is 34.8 Å². The molecule has 7 heteroatoms. The summed E-state index contributed by atoms with van der Waals surface area (Å²) in [5.41, 5.74) is 1.15. The molecule has 0 atom stereocenters. The molecule has 19 heavy (non-hydrogen) atoms. The molecule has 0 unspecified atom stereocenters. The number of carbonyl (C=O) groups is 1. The van der Waals surface area contributed by atoms with E-state index in [1.54, 1.807) is 17.1 Å². The van der Waals surface area contributed by atoms with Crippen molar-refractivity contribution < 1.29 is 4.79 Å². The third-order valence-electron chi connectivity index (χ3n) is 2.53. The van der Waals surface area contributed by atoms with Crippen LogP contribution in [-0.2, 0) is 18.3 Å². The van der Waals surface area contributed by atoms with Crippen LogP contribution in [0.25, 0.3) is 0 Å². The van der Waals surface area contributed by atoms with E-state index in [9.17, 15) is 4.79 Å². The van der Waals surface area contributed by atoms with Crippen molar-refractivity contribution in [3.63, 3.8) is 0 Å². The van der Waals surface area contributed by atoms with Gasteiger partial charge in [-0.05, 0) is 12.1 Å². The highest BCUT2D eigenvalue weighted by molar-refractivity contribution is 6.42. The van der Waals surface area contributed by atoms with E-state index in [0.29, 0.717) is 20.8 Å². The third-order valence-corrected chi connectivity index (χ3v) is 3.34. The molecule has 0 fully saturated rings. The summed E-state index contributed by atoms with van der Waals surface area (Å²) in [7, 11) is 1.82. The van der Waals surface area contributed by atoms with Crippen molar-refractivity contribution in [3.05, 3.63) is 45.4 Å². The van der Waals surface area contributed by atoms with Gasteiger partial charge in [-0.3, -0.25) is 4.79 Å². The summed E-state index contributed by atoms with van der Waals surface area (Å²) in [5, 5.41) is 3.69. The van der Waals surface area contributed by atoms with Gasteiger partial charge >= 0.3 is 0 Å². The van der Waals surface area contributed by atoms with E-state index in [0.717, 1.165) is 5.69 Å². The number of hydrogen-bond acceptors (Lipinski definition) is 2. The first-order chi connectivity index (χ1) is 8.97. The lowest BCUT2D eigenvalue weighted by molar-refractivity contribution is -0.115. The van der Waals surface area contributed by atoms with Crippen LogP contribution in [0.4, 0.5) is 5.69 Å². The van der Waals surface area contributed by atoms with E-state index in [4.69, 9.17) is 34.8 Å². The van der Waals surface area contributed by atoms with E-state index < -0.39 is 0 Å². The number of aromatic nitrogens is 2. The van der Waals surface area contributed by atoms with Crippen molar-refractivity contribution in [3.8, 4) is 0 Å². The standard InChI is InChI=1S/C12H10Cl3N3O/c1-18-6-16-5-8(18)4-11(19)17-12-9(14)2-7(13)3-10(12)15/h2-3,5-6H,4H2,1H3,(H,17,19). The number of anilines is 1. The molecule has 1 amide bonds. The molecule has 1 aromatic carbocycles. The van der Waals surface area contributed by atoms with Crippen molar-refractivity contribution in [2.45, 2.75) is 6.42 Å². The molecule has 1 N–H and O–H groups in total. The van der Waals surface area contributed by atoms with Gasteiger partial charge in [-0.25, -0.2) is 4.98 Å². The molecule has 0 aliphatic rings. The minimum atomic E-state index is -0.227. The summed E-state index contributed by atoms with van der Waals surface area (Å²) < 4.78 is 1.77. The zero-order valence-corrected chi connectivity index (χ0v) is 12.2. The summed E-state index contributed by atoms with van der Waals surface area (Å²) in [6.45, 7) is 0. The van der Waals surface area contributed by atoms with Gasteiger partial charge in [-0.2, -0.15) is 0 Å². The van der Waals surface area contributed by atoms with E-state index in [1.165, 1.54) is 12.1 Å². The maximum absolute atomic E-state index is 11.9. The molecule has 0 aliphatic carbocycles. The third kappa shape index (κ3) is 3.41. The first kappa shape index (κ1) is 14.2. The lowest BCUT2D eigenvalue weighted by Crippen LogP contribution is -2.16. The molecule has 100 valence electrons. The fourth-order valence-electron chi connectivity index (χ4n) is 1.56. The number of hydrogen-bond donors (Lipinski definition) is 1. The van der Waals surface area contributed by atoms with Crippen molar-refractivity contribution in [1.82, 2.24) is 9.55 Å².